The van der Waals surface area contributed by atoms with E-state index in [-0.39, 0.29) is 17.5 Å². The number of thioether (sulfide) groups is 1. The number of aromatic nitrogens is 3. The molecular weight excluding hydrogens is 435 g/mol. The second-order valence-corrected chi connectivity index (χ2v) is 7.64. The van der Waals surface area contributed by atoms with Crippen molar-refractivity contribution in [3.63, 3.8) is 0 Å². The van der Waals surface area contributed by atoms with Crippen LogP contribution in [-0.2, 0) is 11.3 Å². The van der Waals surface area contributed by atoms with Gasteiger partial charge in [-0.3, -0.25) is 4.79 Å². The molecule has 0 aliphatic rings. The van der Waals surface area contributed by atoms with Crippen molar-refractivity contribution in [2.45, 2.75) is 31.7 Å². The molecule has 0 saturated carbocycles. The van der Waals surface area contributed by atoms with E-state index < -0.39 is 6.10 Å². The van der Waals surface area contributed by atoms with Crippen LogP contribution < -0.4 is 19.5 Å². The summed E-state index contributed by atoms with van der Waals surface area (Å²) in [5, 5.41) is 11.9. The van der Waals surface area contributed by atoms with Crippen LogP contribution in [0, 0.1) is 5.82 Å². The van der Waals surface area contributed by atoms with Gasteiger partial charge in [0.25, 0.3) is 0 Å². The maximum absolute atomic E-state index is 13.1. The Labute approximate surface area is 190 Å². The number of methoxy groups -OCH3 is 2. The Bertz CT molecular complexity index is 1060. The zero-order chi connectivity index (χ0) is 23.1. The third-order valence-corrected chi connectivity index (χ3v) is 5.53. The van der Waals surface area contributed by atoms with Gasteiger partial charge in [-0.15, -0.1) is 10.2 Å². The molecule has 0 bridgehead atoms. The highest BCUT2D eigenvalue weighted by Crippen LogP contribution is 2.30. The van der Waals surface area contributed by atoms with Gasteiger partial charge in [-0.05, 0) is 50.2 Å². The van der Waals surface area contributed by atoms with Gasteiger partial charge in [0.2, 0.25) is 5.91 Å². The maximum atomic E-state index is 13.1. The molecule has 8 nitrogen and oxygen atoms in total. The first-order valence-electron chi connectivity index (χ1n) is 9.95. The van der Waals surface area contributed by atoms with Gasteiger partial charge in [-0.2, -0.15) is 0 Å². The van der Waals surface area contributed by atoms with Crippen molar-refractivity contribution in [2.75, 3.05) is 25.3 Å². The van der Waals surface area contributed by atoms with Gasteiger partial charge in [0.15, 0.2) is 17.1 Å². The number of halogens is 1. The highest BCUT2D eigenvalue weighted by Gasteiger charge is 2.20. The summed E-state index contributed by atoms with van der Waals surface area (Å²) in [6.07, 6.45) is -0.403. The molecule has 1 atom stereocenters. The molecule has 0 spiro atoms. The van der Waals surface area contributed by atoms with Crippen LogP contribution in [0.5, 0.6) is 17.2 Å². The van der Waals surface area contributed by atoms with E-state index in [1.54, 1.807) is 37.4 Å². The van der Waals surface area contributed by atoms with Crippen LogP contribution in [0.1, 0.15) is 25.8 Å². The van der Waals surface area contributed by atoms with Crippen LogP contribution in [0.25, 0.3) is 0 Å². The molecule has 1 aromatic heterocycles. The summed E-state index contributed by atoms with van der Waals surface area (Å²) < 4.78 is 31.3. The second kappa shape index (κ2) is 10.9. The van der Waals surface area contributed by atoms with E-state index in [0.29, 0.717) is 40.5 Å². The number of nitrogens with zero attached hydrogens (tertiary/aromatic N) is 3. The Kier molecular flexibility index (Phi) is 7.93. The first kappa shape index (κ1) is 23.4. The van der Waals surface area contributed by atoms with Crippen LogP contribution in [0.3, 0.4) is 0 Å². The summed E-state index contributed by atoms with van der Waals surface area (Å²) >= 11 is 1.27. The van der Waals surface area contributed by atoms with Gasteiger partial charge in [0.1, 0.15) is 23.1 Å². The molecule has 2 aromatic carbocycles. The number of benzene rings is 2. The third kappa shape index (κ3) is 5.70. The lowest BCUT2D eigenvalue weighted by atomic mass is 10.2. The highest BCUT2D eigenvalue weighted by atomic mass is 32.2. The standard InChI is InChI=1S/C22H25FN4O4S/c1-5-27-21(14(2)31-16-8-6-15(23)7-9-16)25-26-22(27)32-13-20(28)24-18-11-10-17(29-3)12-19(18)30-4/h6-12,14H,5,13H2,1-4H3,(H,24,28). The van der Waals surface area contributed by atoms with Crippen LogP contribution in [0.2, 0.25) is 0 Å². The van der Waals surface area contributed by atoms with Crippen LogP contribution in [0.15, 0.2) is 47.6 Å². The van der Waals surface area contributed by atoms with E-state index >= 15 is 0 Å². The van der Waals surface area contributed by atoms with E-state index in [1.165, 1.54) is 31.0 Å². The molecule has 1 heterocycles. The number of carbonyl (C=O) groups is 1. The molecule has 0 aliphatic heterocycles. The molecule has 1 N–H and O–H groups in total. The van der Waals surface area contributed by atoms with Crippen molar-refractivity contribution in [1.82, 2.24) is 14.8 Å². The monoisotopic (exact) mass is 460 g/mol. The second-order valence-electron chi connectivity index (χ2n) is 6.70. The first-order valence-corrected chi connectivity index (χ1v) is 10.9. The zero-order valence-corrected chi connectivity index (χ0v) is 19.1. The maximum Gasteiger partial charge on any atom is 0.234 e. The third-order valence-electron chi connectivity index (χ3n) is 4.57. The quantitative estimate of drug-likeness (QED) is 0.451. The summed E-state index contributed by atoms with van der Waals surface area (Å²) in [5.74, 6) is 1.90. The molecule has 170 valence electrons. The minimum absolute atomic E-state index is 0.139. The van der Waals surface area contributed by atoms with E-state index in [4.69, 9.17) is 14.2 Å². The molecule has 1 unspecified atom stereocenters. The lowest BCUT2D eigenvalue weighted by Gasteiger charge is -2.15. The molecule has 32 heavy (non-hydrogen) atoms. The van der Waals surface area contributed by atoms with Crippen molar-refractivity contribution in [2.24, 2.45) is 0 Å². The van der Waals surface area contributed by atoms with E-state index in [1.807, 2.05) is 18.4 Å². The Morgan fingerprint density at radius 2 is 1.84 bits per heavy atom. The first-order chi connectivity index (χ1) is 15.4. The number of nitrogens with one attached hydrogen (secondary N) is 1. The molecule has 0 saturated heterocycles. The smallest absolute Gasteiger partial charge is 0.234 e. The van der Waals surface area contributed by atoms with Crippen molar-refractivity contribution >= 4 is 23.4 Å². The molecular formula is C22H25FN4O4S. The summed E-state index contributed by atoms with van der Waals surface area (Å²) in [7, 11) is 3.09. The molecule has 0 fully saturated rings. The van der Waals surface area contributed by atoms with Gasteiger partial charge >= 0.3 is 0 Å². The van der Waals surface area contributed by atoms with Crippen LogP contribution in [-0.4, -0.2) is 40.6 Å². The minimum Gasteiger partial charge on any atom is -0.497 e. The predicted octanol–water partition coefficient (Wildman–Crippen LogP) is 4.33. The number of hydrogen-bond donors (Lipinski definition) is 1. The Hall–Kier alpha value is -3.27. The molecule has 0 radical (unpaired) electrons. The fourth-order valence-electron chi connectivity index (χ4n) is 2.99. The summed E-state index contributed by atoms with van der Waals surface area (Å²) in [6.45, 7) is 4.41. The van der Waals surface area contributed by atoms with Crippen LogP contribution >= 0.6 is 11.8 Å². The van der Waals surface area contributed by atoms with E-state index in [9.17, 15) is 9.18 Å². The average Bonchev–Trinajstić information content (AvgIpc) is 3.22. The van der Waals surface area contributed by atoms with E-state index in [0.717, 1.165) is 0 Å². The number of rotatable bonds is 10. The molecule has 1 amide bonds. The Balaban J connectivity index is 1.63. The van der Waals surface area contributed by atoms with Gasteiger partial charge < -0.3 is 24.1 Å². The van der Waals surface area contributed by atoms with Crippen molar-refractivity contribution in [1.29, 1.82) is 0 Å². The SMILES string of the molecule is CCn1c(SCC(=O)Nc2ccc(OC)cc2OC)nnc1C(C)Oc1ccc(F)cc1. The molecule has 3 aromatic rings. The minimum atomic E-state index is -0.403. The summed E-state index contributed by atoms with van der Waals surface area (Å²) in [5.41, 5.74) is 0.554. The molecule has 0 aliphatic carbocycles. The zero-order valence-electron chi connectivity index (χ0n) is 18.3. The van der Waals surface area contributed by atoms with Crippen molar-refractivity contribution < 1.29 is 23.4 Å². The molecule has 3 rings (SSSR count). The normalized spacial score (nSPS) is 11.7. The van der Waals surface area contributed by atoms with E-state index in [2.05, 4.69) is 15.5 Å². The number of amides is 1. The lowest BCUT2D eigenvalue weighted by molar-refractivity contribution is -0.113. The molecule has 10 heteroatoms. The van der Waals surface area contributed by atoms with Gasteiger partial charge in [-0.1, -0.05) is 11.8 Å². The Morgan fingerprint density at radius 3 is 2.50 bits per heavy atom. The number of hydrogen-bond acceptors (Lipinski definition) is 7. The summed E-state index contributed by atoms with van der Waals surface area (Å²) in [6, 6.07) is 11.0. The summed E-state index contributed by atoms with van der Waals surface area (Å²) in [4.78, 5) is 12.5. The number of anilines is 1. The Morgan fingerprint density at radius 1 is 1.12 bits per heavy atom. The van der Waals surface area contributed by atoms with Crippen LogP contribution in [0.4, 0.5) is 10.1 Å². The largest absolute Gasteiger partial charge is 0.497 e. The van der Waals surface area contributed by atoms with Crippen molar-refractivity contribution in [3.8, 4) is 17.2 Å². The van der Waals surface area contributed by atoms with Crippen molar-refractivity contribution in [3.05, 3.63) is 54.1 Å². The fourth-order valence-corrected chi connectivity index (χ4v) is 3.80. The highest BCUT2D eigenvalue weighted by molar-refractivity contribution is 7.99. The van der Waals surface area contributed by atoms with Gasteiger partial charge in [0.05, 0.1) is 25.7 Å². The average molecular weight is 461 g/mol. The number of ether oxygens (including phenoxy) is 3. The lowest BCUT2D eigenvalue weighted by Crippen LogP contribution is -2.16. The fraction of sp³-hybridized carbons (Fsp3) is 0.318. The topological polar surface area (TPSA) is 87.5 Å². The van der Waals surface area contributed by atoms with Gasteiger partial charge in [0, 0.05) is 12.6 Å². The predicted molar refractivity (Wildman–Crippen MR) is 120 cm³/mol. The number of carbonyl (C=O) groups excluding carboxylic acids is 1. The van der Waals surface area contributed by atoms with Gasteiger partial charge in [-0.25, -0.2) is 4.39 Å².